The number of carbonyl (C=O) groups is 1. The molecule has 0 saturated carbocycles. The number of rotatable bonds is 6. The largest absolute Gasteiger partial charge is 0.337 e. The Hall–Kier alpha value is -1.89. The maximum atomic E-state index is 12.1. The number of aryl methyl sites for hydroxylation is 3. The van der Waals surface area contributed by atoms with E-state index in [9.17, 15) is 4.79 Å². The number of aromatic nitrogens is 3. The zero-order chi connectivity index (χ0) is 17.9. The molecule has 0 fully saturated rings. The number of hydrogen-bond acceptors (Lipinski definition) is 4. The quantitative estimate of drug-likeness (QED) is 0.842. The van der Waals surface area contributed by atoms with E-state index in [1.807, 2.05) is 38.7 Å². The van der Waals surface area contributed by atoms with E-state index in [1.165, 1.54) is 10.4 Å². The van der Waals surface area contributed by atoms with Crippen LogP contribution in [0, 0.1) is 20.8 Å². The molecule has 2 atom stereocenters. The number of nitrogens with one attached hydrogen (secondary N) is 2. The summed E-state index contributed by atoms with van der Waals surface area (Å²) in [6.07, 6.45) is 2.65. The first-order valence-electron chi connectivity index (χ1n) is 8.23. The van der Waals surface area contributed by atoms with Crippen LogP contribution in [0.15, 0.2) is 6.20 Å². The van der Waals surface area contributed by atoms with Crippen LogP contribution in [0.5, 0.6) is 0 Å². The fourth-order valence-electron chi connectivity index (χ4n) is 2.68. The number of carbonyl (C=O) groups excluding carboxylic acids is 1. The molecular weight excluding hydrogens is 322 g/mol. The van der Waals surface area contributed by atoms with Crippen molar-refractivity contribution in [2.24, 2.45) is 7.05 Å². The van der Waals surface area contributed by atoms with Gasteiger partial charge in [0.1, 0.15) is 0 Å². The Balaban J connectivity index is 1.81. The number of hydrogen-bond donors (Lipinski definition) is 2. The minimum absolute atomic E-state index is 0.0454. The van der Waals surface area contributed by atoms with Gasteiger partial charge in [0.2, 0.25) is 0 Å². The Labute approximate surface area is 147 Å². The summed E-state index contributed by atoms with van der Waals surface area (Å²) in [5.74, 6) is 0.215. The summed E-state index contributed by atoms with van der Waals surface area (Å²) in [5, 5.41) is 11.4. The summed E-state index contributed by atoms with van der Waals surface area (Å²) in [6, 6.07) is -0.0918. The molecule has 0 aliphatic rings. The lowest BCUT2D eigenvalue weighted by Crippen LogP contribution is -2.42. The fourth-order valence-corrected chi connectivity index (χ4v) is 3.50. The molecule has 2 amide bonds. The Morgan fingerprint density at radius 2 is 2.04 bits per heavy atom. The van der Waals surface area contributed by atoms with Gasteiger partial charge in [-0.05, 0) is 39.7 Å². The van der Waals surface area contributed by atoms with Crippen molar-refractivity contribution in [3.8, 4) is 0 Å². The molecule has 0 spiro atoms. The van der Waals surface area contributed by atoms with E-state index in [4.69, 9.17) is 0 Å². The third-order valence-corrected chi connectivity index (χ3v) is 5.32. The Kier molecular flexibility index (Phi) is 5.99. The van der Waals surface area contributed by atoms with Gasteiger partial charge >= 0.3 is 6.03 Å². The third-order valence-electron chi connectivity index (χ3n) is 4.18. The number of urea groups is 1. The van der Waals surface area contributed by atoms with Crippen LogP contribution in [0.4, 0.5) is 4.79 Å². The molecule has 2 heterocycles. The topological polar surface area (TPSA) is 71.8 Å². The molecule has 0 aliphatic carbocycles. The number of thiazole rings is 1. The summed E-state index contributed by atoms with van der Waals surface area (Å²) in [6.45, 7) is 10.8. The van der Waals surface area contributed by atoms with Gasteiger partial charge in [0.15, 0.2) is 0 Å². The van der Waals surface area contributed by atoms with Crippen LogP contribution in [-0.2, 0) is 13.5 Å². The van der Waals surface area contributed by atoms with Crippen molar-refractivity contribution in [2.45, 2.75) is 53.0 Å². The molecule has 7 heteroatoms. The van der Waals surface area contributed by atoms with Gasteiger partial charge in [-0.2, -0.15) is 5.10 Å². The van der Waals surface area contributed by atoms with Gasteiger partial charge in [0.05, 0.1) is 10.7 Å². The lowest BCUT2D eigenvalue weighted by molar-refractivity contribution is 0.237. The van der Waals surface area contributed by atoms with Crippen molar-refractivity contribution in [1.29, 1.82) is 0 Å². The van der Waals surface area contributed by atoms with Crippen molar-refractivity contribution in [1.82, 2.24) is 25.4 Å². The Morgan fingerprint density at radius 1 is 1.33 bits per heavy atom. The molecule has 2 unspecified atom stereocenters. The lowest BCUT2D eigenvalue weighted by atomic mass is 10.1. The zero-order valence-electron chi connectivity index (χ0n) is 15.3. The third kappa shape index (κ3) is 4.56. The second-order valence-corrected chi connectivity index (χ2v) is 7.71. The molecule has 132 valence electrons. The van der Waals surface area contributed by atoms with Crippen molar-refractivity contribution in [2.75, 3.05) is 6.54 Å². The highest BCUT2D eigenvalue weighted by atomic mass is 32.1. The molecular formula is C17H27N5OS. The number of amides is 2. The van der Waals surface area contributed by atoms with Crippen LogP contribution >= 0.6 is 11.3 Å². The van der Waals surface area contributed by atoms with Crippen molar-refractivity contribution < 1.29 is 4.79 Å². The van der Waals surface area contributed by atoms with E-state index in [0.717, 1.165) is 22.8 Å². The van der Waals surface area contributed by atoms with E-state index in [2.05, 4.69) is 34.6 Å². The van der Waals surface area contributed by atoms with E-state index < -0.39 is 0 Å². The van der Waals surface area contributed by atoms with Crippen LogP contribution in [0.3, 0.4) is 0 Å². The molecule has 2 aromatic heterocycles. The van der Waals surface area contributed by atoms with Crippen LogP contribution < -0.4 is 10.6 Å². The van der Waals surface area contributed by atoms with Gasteiger partial charge < -0.3 is 10.6 Å². The molecule has 0 saturated heterocycles. The van der Waals surface area contributed by atoms with Crippen LogP contribution in [0.1, 0.15) is 46.6 Å². The van der Waals surface area contributed by atoms with E-state index in [-0.39, 0.29) is 18.0 Å². The average Bonchev–Trinajstić information content (AvgIpc) is 3.04. The van der Waals surface area contributed by atoms with Gasteiger partial charge in [0.25, 0.3) is 0 Å². The molecule has 24 heavy (non-hydrogen) atoms. The van der Waals surface area contributed by atoms with E-state index in [0.29, 0.717) is 6.54 Å². The van der Waals surface area contributed by atoms with Crippen molar-refractivity contribution in [3.05, 3.63) is 33.0 Å². The monoisotopic (exact) mass is 349 g/mol. The Bertz CT molecular complexity index is 706. The zero-order valence-corrected chi connectivity index (χ0v) is 16.1. The van der Waals surface area contributed by atoms with Gasteiger partial charge in [-0.1, -0.05) is 6.92 Å². The highest BCUT2D eigenvalue weighted by Crippen LogP contribution is 2.20. The summed E-state index contributed by atoms with van der Waals surface area (Å²) in [7, 11) is 1.94. The average molecular weight is 350 g/mol. The highest BCUT2D eigenvalue weighted by Gasteiger charge is 2.16. The normalized spacial score (nSPS) is 13.6. The highest BCUT2D eigenvalue weighted by molar-refractivity contribution is 7.11. The molecule has 2 N–H and O–H groups in total. The predicted octanol–water partition coefficient (Wildman–Crippen LogP) is 2.84. The fraction of sp³-hybridized carbons (Fsp3) is 0.588. The molecule has 2 aromatic rings. The summed E-state index contributed by atoms with van der Waals surface area (Å²) < 4.78 is 1.88. The van der Waals surface area contributed by atoms with Crippen molar-refractivity contribution >= 4 is 17.4 Å². The van der Waals surface area contributed by atoms with E-state index in [1.54, 1.807) is 11.3 Å². The van der Waals surface area contributed by atoms with Crippen LogP contribution in [-0.4, -0.2) is 33.4 Å². The molecule has 0 bridgehead atoms. The molecule has 0 aromatic carbocycles. The molecule has 0 radical (unpaired) electrons. The first-order valence-corrected chi connectivity index (χ1v) is 9.05. The minimum Gasteiger partial charge on any atom is -0.337 e. The summed E-state index contributed by atoms with van der Waals surface area (Å²) >= 11 is 1.68. The smallest absolute Gasteiger partial charge is 0.315 e. The SMILES string of the molecule is Cc1cnc(C(C)CNC(=O)NC(C)Cc2c(C)nn(C)c2C)s1. The first-order chi connectivity index (χ1) is 11.3. The molecule has 2 rings (SSSR count). The van der Waals surface area contributed by atoms with Gasteiger partial charge in [0, 0.05) is 42.3 Å². The lowest BCUT2D eigenvalue weighted by Gasteiger charge is -2.16. The van der Waals surface area contributed by atoms with Crippen molar-refractivity contribution in [3.63, 3.8) is 0 Å². The maximum absolute atomic E-state index is 12.1. The van der Waals surface area contributed by atoms with Crippen LogP contribution in [0.2, 0.25) is 0 Å². The predicted molar refractivity (Wildman–Crippen MR) is 97.6 cm³/mol. The number of nitrogens with zero attached hydrogens (tertiary/aromatic N) is 3. The first kappa shape index (κ1) is 18.4. The van der Waals surface area contributed by atoms with Gasteiger partial charge in [-0.3, -0.25) is 4.68 Å². The van der Waals surface area contributed by atoms with Gasteiger partial charge in [-0.25, -0.2) is 9.78 Å². The van der Waals surface area contributed by atoms with Gasteiger partial charge in [-0.15, -0.1) is 11.3 Å². The summed E-state index contributed by atoms with van der Waals surface area (Å²) in [4.78, 5) is 17.7. The minimum atomic E-state index is -0.137. The molecule has 6 nitrogen and oxygen atoms in total. The van der Waals surface area contributed by atoms with Crippen LogP contribution in [0.25, 0.3) is 0 Å². The maximum Gasteiger partial charge on any atom is 0.315 e. The Morgan fingerprint density at radius 3 is 2.58 bits per heavy atom. The molecule has 0 aliphatic heterocycles. The second kappa shape index (κ2) is 7.79. The van der Waals surface area contributed by atoms with E-state index >= 15 is 0 Å². The summed E-state index contributed by atoms with van der Waals surface area (Å²) in [5.41, 5.74) is 3.38. The second-order valence-electron chi connectivity index (χ2n) is 6.44. The standard InChI is InChI=1S/C17H27N5OS/c1-10(16-18-9-12(3)24-16)8-19-17(23)20-11(2)7-15-13(4)21-22(6)14(15)5/h9-11H,7-8H2,1-6H3,(H2,19,20,23).